The van der Waals surface area contributed by atoms with Gasteiger partial charge in [0.25, 0.3) is 0 Å². The number of allylic oxidation sites excluding steroid dienone is 3. The molecule has 0 aliphatic heterocycles. The summed E-state index contributed by atoms with van der Waals surface area (Å²) in [6, 6.07) is 10.5. The highest BCUT2D eigenvalue weighted by Gasteiger charge is 1.83. The molecule has 1 aromatic rings. The van der Waals surface area contributed by atoms with Gasteiger partial charge >= 0.3 is 0 Å². The second-order valence-corrected chi connectivity index (χ2v) is 3.42. The summed E-state index contributed by atoms with van der Waals surface area (Å²) in [4.78, 5) is 2.02. The van der Waals surface area contributed by atoms with Gasteiger partial charge in [0.05, 0.1) is 0 Å². The lowest BCUT2D eigenvalue weighted by molar-refractivity contribution is 0.564. The highest BCUT2D eigenvalue weighted by atomic mass is 15.0. The van der Waals surface area contributed by atoms with Gasteiger partial charge in [0.2, 0.25) is 0 Å². The Morgan fingerprint density at radius 2 is 1.79 bits per heavy atom. The minimum Gasteiger partial charge on any atom is -0.383 e. The number of rotatable bonds is 4. The fraction of sp³-hybridized carbons (Fsp3) is 0.231. The van der Waals surface area contributed by atoms with E-state index in [1.165, 1.54) is 5.56 Å². The molecule has 0 bridgehead atoms. The second-order valence-electron chi connectivity index (χ2n) is 3.42. The lowest BCUT2D eigenvalue weighted by atomic mass is 10.1. The van der Waals surface area contributed by atoms with E-state index in [0.29, 0.717) is 0 Å². The zero-order valence-electron chi connectivity index (χ0n) is 8.85. The molecule has 0 radical (unpaired) electrons. The standard InChI is InChI=1S/C13H17N/c1-14(2)12-8-4-7-11-13-9-5-3-6-10-13/h3-10,12H,11H2,1-2H3/b7-4-,12-8+. The van der Waals surface area contributed by atoms with Crippen LogP contribution in [-0.2, 0) is 6.42 Å². The van der Waals surface area contributed by atoms with Crippen molar-refractivity contribution in [2.45, 2.75) is 6.42 Å². The van der Waals surface area contributed by atoms with Crippen LogP contribution in [0.1, 0.15) is 5.56 Å². The minimum atomic E-state index is 0.999. The first kappa shape index (κ1) is 10.6. The van der Waals surface area contributed by atoms with E-state index in [1.54, 1.807) is 0 Å². The zero-order valence-corrected chi connectivity index (χ0v) is 8.85. The fourth-order valence-electron chi connectivity index (χ4n) is 1.12. The van der Waals surface area contributed by atoms with Gasteiger partial charge in [-0.05, 0) is 24.3 Å². The van der Waals surface area contributed by atoms with E-state index >= 15 is 0 Å². The molecule has 0 heterocycles. The molecule has 1 rings (SSSR count). The van der Waals surface area contributed by atoms with Gasteiger partial charge in [-0.2, -0.15) is 0 Å². The van der Waals surface area contributed by atoms with Crippen molar-refractivity contribution in [2.75, 3.05) is 14.1 Å². The minimum absolute atomic E-state index is 0.999. The fourth-order valence-corrected chi connectivity index (χ4v) is 1.12. The normalized spacial score (nSPS) is 11.3. The molecule has 0 aliphatic rings. The van der Waals surface area contributed by atoms with Gasteiger partial charge in [-0.1, -0.05) is 42.5 Å². The van der Waals surface area contributed by atoms with E-state index in [9.17, 15) is 0 Å². The molecule has 0 spiro atoms. The third-order valence-corrected chi connectivity index (χ3v) is 1.83. The number of nitrogens with zero attached hydrogens (tertiary/aromatic N) is 1. The highest BCUT2D eigenvalue weighted by Crippen LogP contribution is 1.99. The Kier molecular flexibility index (Phi) is 4.56. The first-order valence-electron chi connectivity index (χ1n) is 4.83. The van der Waals surface area contributed by atoms with Gasteiger partial charge in [-0.3, -0.25) is 0 Å². The van der Waals surface area contributed by atoms with Crippen LogP contribution < -0.4 is 0 Å². The summed E-state index contributed by atoms with van der Waals surface area (Å²) in [7, 11) is 4.03. The third kappa shape index (κ3) is 4.51. The summed E-state index contributed by atoms with van der Waals surface area (Å²) in [5.74, 6) is 0. The Morgan fingerprint density at radius 1 is 1.07 bits per heavy atom. The monoisotopic (exact) mass is 187 g/mol. The van der Waals surface area contributed by atoms with Gasteiger partial charge in [-0.15, -0.1) is 0 Å². The molecule has 0 atom stereocenters. The highest BCUT2D eigenvalue weighted by molar-refractivity contribution is 5.18. The van der Waals surface area contributed by atoms with Crippen molar-refractivity contribution in [3.05, 3.63) is 60.3 Å². The summed E-state index contributed by atoms with van der Waals surface area (Å²) >= 11 is 0. The Balaban J connectivity index is 2.34. The maximum Gasteiger partial charge on any atom is 0.00556 e. The van der Waals surface area contributed by atoms with Crippen LogP contribution in [0.2, 0.25) is 0 Å². The van der Waals surface area contributed by atoms with Gasteiger partial charge in [-0.25, -0.2) is 0 Å². The molecule has 0 amide bonds. The van der Waals surface area contributed by atoms with Crippen LogP contribution in [0.4, 0.5) is 0 Å². The molecule has 1 nitrogen and oxygen atoms in total. The number of hydrogen-bond acceptors (Lipinski definition) is 1. The van der Waals surface area contributed by atoms with Crippen molar-refractivity contribution >= 4 is 0 Å². The maximum atomic E-state index is 2.16. The van der Waals surface area contributed by atoms with Crippen LogP contribution in [0.15, 0.2) is 54.8 Å². The summed E-state index contributed by atoms with van der Waals surface area (Å²) in [5.41, 5.74) is 1.35. The Bertz CT molecular complexity index is 296. The topological polar surface area (TPSA) is 3.24 Å². The quantitative estimate of drug-likeness (QED) is 0.655. The Hall–Kier alpha value is -1.50. The Morgan fingerprint density at radius 3 is 2.43 bits per heavy atom. The molecule has 14 heavy (non-hydrogen) atoms. The first-order valence-corrected chi connectivity index (χ1v) is 4.83. The largest absolute Gasteiger partial charge is 0.383 e. The molecule has 0 aliphatic carbocycles. The van der Waals surface area contributed by atoms with E-state index in [4.69, 9.17) is 0 Å². The van der Waals surface area contributed by atoms with Gasteiger partial charge < -0.3 is 4.90 Å². The van der Waals surface area contributed by atoms with E-state index in [2.05, 4.69) is 36.4 Å². The van der Waals surface area contributed by atoms with E-state index in [-0.39, 0.29) is 0 Å². The van der Waals surface area contributed by atoms with Crippen molar-refractivity contribution in [1.29, 1.82) is 0 Å². The summed E-state index contributed by atoms with van der Waals surface area (Å²) in [5, 5.41) is 0. The maximum absolute atomic E-state index is 2.16. The lowest BCUT2D eigenvalue weighted by Gasteiger charge is -2.00. The molecular formula is C13H17N. The average molecular weight is 187 g/mol. The second kappa shape index (κ2) is 6.03. The van der Waals surface area contributed by atoms with Crippen molar-refractivity contribution in [3.63, 3.8) is 0 Å². The van der Waals surface area contributed by atoms with Crippen LogP contribution in [0.25, 0.3) is 0 Å². The van der Waals surface area contributed by atoms with Crippen LogP contribution >= 0.6 is 0 Å². The van der Waals surface area contributed by atoms with Crippen molar-refractivity contribution in [3.8, 4) is 0 Å². The third-order valence-electron chi connectivity index (χ3n) is 1.83. The smallest absolute Gasteiger partial charge is 0.00556 e. The van der Waals surface area contributed by atoms with Crippen molar-refractivity contribution < 1.29 is 0 Å². The zero-order chi connectivity index (χ0) is 10.2. The molecule has 0 N–H and O–H groups in total. The van der Waals surface area contributed by atoms with E-state index in [1.807, 2.05) is 37.3 Å². The van der Waals surface area contributed by atoms with Crippen molar-refractivity contribution in [1.82, 2.24) is 4.90 Å². The van der Waals surface area contributed by atoms with Crippen LogP contribution in [0, 0.1) is 0 Å². The summed E-state index contributed by atoms with van der Waals surface area (Å²) in [6.07, 6.45) is 9.31. The molecule has 1 heteroatoms. The Labute approximate surface area is 86.4 Å². The number of benzene rings is 1. The molecule has 0 aromatic heterocycles. The molecule has 0 unspecified atom stereocenters. The van der Waals surface area contributed by atoms with Gasteiger partial charge in [0.15, 0.2) is 0 Å². The summed E-state index contributed by atoms with van der Waals surface area (Å²) in [6.45, 7) is 0. The molecule has 0 saturated heterocycles. The van der Waals surface area contributed by atoms with Crippen molar-refractivity contribution in [2.24, 2.45) is 0 Å². The predicted octanol–water partition coefficient (Wildman–Crippen LogP) is 2.86. The molecular weight excluding hydrogens is 170 g/mol. The molecule has 0 saturated carbocycles. The van der Waals surface area contributed by atoms with Gasteiger partial charge in [0, 0.05) is 14.1 Å². The van der Waals surface area contributed by atoms with E-state index < -0.39 is 0 Å². The molecule has 74 valence electrons. The average Bonchev–Trinajstić information content (AvgIpc) is 2.18. The lowest BCUT2D eigenvalue weighted by Crippen LogP contribution is -1.99. The molecule has 1 aromatic carbocycles. The van der Waals surface area contributed by atoms with Crippen LogP contribution in [0.3, 0.4) is 0 Å². The molecule has 0 fully saturated rings. The van der Waals surface area contributed by atoms with Gasteiger partial charge in [0.1, 0.15) is 0 Å². The van der Waals surface area contributed by atoms with Crippen LogP contribution in [0.5, 0.6) is 0 Å². The predicted molar refractivity (Wildman–Crippen MR) is 62.1 cm³/mol. The number of hydrogen-bond donors (Lipinski definition) is 0. The summed E-state index contributed by atoms with van der Waals surface area (Å²) < 4.78 is 0. The first-order chi connectivity index (χ1) is 6.79. The van der Waals surface area contributed by atoms with Crippen LogP contribution in [-0.4, -0.2) is 19.0 Å². The SMILES string of the molecule is CN(C)/C=C/C=C\Cc1ccccc1. The van der Waals surface area contributed by atoms with E-state index in [0.717, 1.165) is 6.42 Å².